The van der Waals surface area contributed by atoms with Crippen molar-refractivity contribution in [2.24, 2.45) is 0 Å². The Balaban J connectivity index is 2.15. The summed E-state index contributed by atoms with van der Waals surface area (Å²) in [6.45, 7) is 2.04. The maximum Gasteiger partial charge on any atom is 0.149 e. The molecule has 0 saturated heterocycles. The first kappa shape index (κ1) is 10.4. The number of hydrogen-bond acceptors (Lipinski definition) is 4. The van der Waals surface area contributed by atoms with Gasteiger partial charge in [0.05, 0.1) is 6.04 Å². The molecule has 1 atom stereocenters. The van der Waals surface area contributed by atoms with E-state index in [4.69, 9.17) is 5.73 Å². The van der Waals surface area contributed by atoms with Crippen molar-refractivity contribution in [1.29, 1.82) is 0 Å². The number of para-hydroxylation sites is 1. The summed E-state index contributed by atoms with van der Waals surface area (Å²) in [6, 6.07) is 11.6. The molecule has 4 nitrogen and oxygen atoms in total. The lowest BCUT2D eigenvalue weighted by molar-refractivity contribution is 0.863. The number of nitrogens with one attached hydrogen (secondary N) is 1. The smallest absolute Gasteiger partial charge is 0.149 e. The van der Waals surface area contributed by atoms with Crippen molar-refractivity contribution >= 4 is 11.5 Å². The molecule has 82 valence electrons. The van der Waals surface area contributed by atoms with Crippen molar-refractivity contribution in [3.05, 3.63) is 48.2 Å². The summed E-state index contributed by atoms with van der Waals surface area (Å²) in [6.07, 6.45) is 1.65. The molecule has 1 aromatic heterocycles. The van der Waals surface area contributed by atoms with Crippen LogP contribution in [0.25, 0.3) is 0 Å². The van der Waals surface area contributed by atoms with Gasteiger partial charge >= 0.3 is 0 Å². The number of rotatable bonds is 3. The fourth-order valence-corrected chi connectivity index (χ4v) is 1.58. The van der Waals surface area contributed by atoms with E-state index in [1.165, 1.54) is 0 Å². The predicted molar refractivity (Wildman–Crippen MR) is 64.9 cm³/mol. The van der Waals surface area contributed by atoms with Gasteiger partial charge in [-0.25, -0.2) is 0 Å². The number of anilines is 2. The van der Waals surface area contributed by atoms with Gasteiger partial charge in [-0.2, -0.15) is 5.10 Å². The third-order valence-electron chi connectivity index (χ3n) is 2.40. The Hall–Kier alpha value is -2.10. The molecule has 0 aliphatic heterocycles. The summed E-state index contributed by atoms with van der Waals surface area (Å²) < 4.78 is 0. The van der Waals surface area contributed by atoms with Crippen LogP contribution in [0.15, 0.2) is 42.6 Å². The topological polar surface area (TPSA) is 63.8 Å². The number of aromatic nitrogens is 2. The number of benzene rings is 1. The van der Waals surface area contributed by atoms with E-state index in [2.05, 4.69) is 15.5 Å². The highest BCUT2D eigenvalue weighted by Gasteiger charge is 2.08. The molecule has 1 unspecified atom stereocenters. The van der Waals surface area contributed by atoms with Crippen LogP contribution >= 0.6 is 0 Å². The first-order valence-electron chi connectivity index (χ1n) is 5.16. The fourth-order valence-electron chi connectivity index (χ4n) is 1.58. The van der Waals surface area contributed by atoms with Crippen LogP contribution in [0.4, 0.5) is 11.5 Å². The van der Waals surface area contributed by atoms with Gasteiger partial charge in [-0.1, -0.05) is 18.2 Å². The van der Waals surface area contributed by atoms with Crippen LogP contribution < -0.4 is 11.1 Å². The SMILES string of the molecule is CC(Nc1cccnn1)c1ccccc1N. The van der Waals surface area contributed by atoms with E-state index in [1.54, 1.807) is 6.20 Å². The van der Waals surface area contributed by atoms with Gasteiger partial charge in [-0.3, -0.25) is 0 Å². The van der Waals surface area contributed by atoms with Crippen molar-refractivity contribution in [2.45, 2.75) is 13.0 Å². The minimum absolute atomic E-state index is 0.109. The summed E-state index contributed by atoms with van der Waals surface area (Å²) in [7, 11) is 0. The second-order valence-electron chi connectivity index (χ2n) is 3.60. The fraction of sp³-hybridized carbons (Fsp3) is 0.167. The molecule has 0 bridgehead atoms. The standard InChI is InChI=1S/C12H14N4/c1-9(10-5-2-3-6-11(10)13)15-12-7-4-8-14-16-12/h2-9H,13H2,1H3,(H,15,16). The summed E-state index contributed by atoms with van der Waals surface area (Å²) in [5.41, 5.74) is 7.75. The van der Waals surface area contributed by atoms with Gasteiger partial charge in [-0.15, -0.1) is 5.10 Å². The molecule has 0 amide bonds. The second-order valence-corrected chi connectivity index (χ2v) is 3.60. The average Bonchev–Trinajstić information content (AvgIpc) is 2.31. The third kappa shape index (κ3) is 2.28. The van der Waals surface area contributed by atoms with Gasteiger partial charge in [0.15, 0.2) is 0 Å². The lowest BCUT2D eigenvalue weighted by Crippen LogP contribution is -2.10. The van der Waals surface area contributed by atoms with E-state index in [0.29, 0.717) is 0 Å². The number of hydrogen-bond donors (Lipinski definition) is 2. The molecule has 2 rings (SSSR count). The molecule has 3 N–H and O–H groups in total. The lowest BCUT2D eigenvalue weighted by Gasteiger charge is -2.16. The van der Waals surface area contributed by atoms with E-state index in [9.17, 15) is 0 Å². The van der Waals surface area contributed by atoms with E-state index in [-0.39, 0.29) is 6.04 Å². The summed E-state index contributed by atoms with van der Waals surface area (Å²) in [5, 5.41) is 11.0. The van der Waals surface area contributed by atoms with Crippen molar-refractivity contribution in [3.63, 3.8) is 0 Å². The summed E-state index contributed by atoms with van der Waals surface area (Å²) in [4.78, 5) is 0. The quantitative estimate of drug-likeness (QED) is 0.769. The molecule has 0 spiro atoms. The molecule has 2 aromatic rings. The lowest BCUT2D eigenvalue weighted by atomic mass is 10.1. The Morgan fingerprint density at radius 2 is 2.00 bits per heavy atom. The van der Waals surface area contributed by atoms with Crippen LogP contribution in [-0.2, 0) is 0 Å². The largest absolute Gasteiger partial charge is 0.398 e. The Morgan fingerprint density at radius 3 is 2.69 bits per heavy atom. The molecule has 0 fully saturated rings. The van der Waals surface area contributed by atoms with Crippen LogP contribution in [-0.4, -0.2) is 10.2 Å². The molecular weight excluding hydrogens is 200 g/mol. The van der Waals surface area contributed by atoms with Gasteiger partial charge < -0.3 is 11.1 Å². The van der Waals surface area contributed by atoms with Crippen LogP contribution in [0, 0.1) is 0 Å². The molecule has 0 radical (unpaired) electrons. The van der Waals surface area contributed by atoms with Crippen molar-refractivity contribution in [1.82, 2.24) is 10.2 Å². The summed E-state index contributed by atoms with van der Waals surface area (Å²) in [5.74, 6) is 0.748. The average molecular weight is 214 g/mol. The Kier molecular flexibility index (Phi) is 3.00. The molecule has 1 aromatic carbocycles. The number of nitrogens with zero attached hydrogens (tertiary/aromatic N) is 2. The predicted octanol–water partition coefficient (Wildman–Crippen LogP) is 2.23. The van der Waals surface area contributed by atoms with Crippen molar-refractivity contribution in [3.8, 4) is 0 Å². The number of nitrogens with two attached hydrogens (primary N) is 1. The first-order chi connectivity index (χ1) is 7.77. The van der Waals surface area contributed by atoms with Crippen molar-refractivity contribution < 1.29 is 0 Å². The highest BCUT2D eigenvalue weighted by atomic mass is 15.2. The highest BCUT2D eigenvalue weighted by molar-refractivity contribution is 5.50. The normalized spacial score (nSPS) is 12.1. The van der Waals surface area contributed by atoms with Crippen LogP contribution in [0.5, 0.6) is 0 Å². The first-order valence-corrected chi connectivity index (χ1v) is 5.16. The van der Waals surface area contributed by atoms with E-state index in [1.807, 2.05) is 43.3 Å². The second kappa shape index (κ2) is 4.61. The van der Waals surface area contributed by atoms with Gasteiger partial charge in [0.25, 0.3) is 0 Å². The van der Waals surface area contributed by atoms with E-state index < -0.39 is 0 Å². The van der Waals surface area contributed by atoms with Crippen LogP contribution in [0.2, 0.25) is 0 Å². The molecule has 1 heterocycles. The van der Waals surface area contributed by atoms with E-state index in [0.717, 1.165) is 17.1 Å². The minimum Gasteiger partial charge on any atom is -0.398 e. The van der Waals surface area contributed by atoms with Crippen molar-refractivity contribution in [2.75, 3.05) is 11.1 Å². The Morgan fingerprint density at radius 1 is 1.19 bits per heavy atom. The number of nitrogen functional groups attached to an aromatic ring is 1. The molecule has 0 aliphatic carbocycles. The Labute approximate surface area is 94.5 Å². The molecule has 16 heavy (non-hydrogen) atoms. The summed E-state index contributed by atoms with van der Waals surface area (Å²) >= 11 is 0. The van der Waals surface area contributed by atoms with Gasteiger partial charge in [-0.05, 0) is 30.7 Å². The zero-order valence-corrected chi connectivity index (χ0v) is 9.09. The Bertz CT molecular complexity index is 456. The molecular formula is C12H14N4. The van der Waals surface area contributed by atoms with Gasteiger partial charge in [0, 0.05) is 11.9 Å². The van der Waals surface area contributed by atoms with Gasteiger partial charge in [0.2, 0.25) is 0 Å². The zero-order chi connectivity index (χ0) is 11.4. The molecule has 0 saturated carbocycles. The maximum absolute atomic E-state index is 5.90. The van der Waals surface area contributed by atoms with Crippen LogP contribution in [0.3, 0.4) is 0 Å². The van der Waals surface area contributed by atoms with Gasteiger partial charge in [0.1, 0.15) is 5.82 Å². The minimum atomic E-state index is 0.109. The zero-order valence-electron chi connectivity index (χ0n) is 9.09. The van der Waals surface area contributed by atoms with Crippen LogP contribution in [0.1, 0.15) is 18.5 Å². The maximum atomic E-state index is 5.90. The molecule has 0 aliphatic rings. The third-order valence-corrected chi connectivity index (χ3v) is 2.40. The monoisotopic (exact) mass is 214 g/mol. The molecule has 4 heteroatoms. The highest BCUT2D eigenvalue weighted by Crippen LogP contribution is 2.22. The van der Waals surface area contributed by atoms with E-state index >= 15 is 0 Å².